The number of rotatable bonds is 4. The van der Waals surface area contributed by atoms with Crippen LogP contribution in [-0.2, 0) is 4.79 Å². The van der Waals surface area contributed by atoms with Crippen LogP contribution in [0.4, 0.5) is 4.79 Å². The van der Waals surface area contributed by atoms with Gasteiger partial charge in [-0.1, -0.05) is 0 Å². The first-order valence-corrected chi connectivity index (χ1v) is 16.3. The summed E-state index contributed by atoms with van der Waals surface area (Å²) in [4.78, 5) is 24.6. The van der Waals surface area contributed by atoms with Crippen molar-refractivity contribution in [2.45, 2.75) is 14.8 Å². The predicted molar refractivity (Wildman–Crippen MR) is 122 cm³/mol. The van der Waals surface area contributed by atoms with Gasteiger partial charge in [0.1, 0.15) is 0 Å². The van der Waals surface area contributed by atoms with Gasteiger partial charge in [-0.3, -0.25) is 0 Å². The monoisotopic (exact) mass is 511 g/mol. The Morgan fingerprint density at radius 3 is 2.07 bits per heavy atom. The Hall–Kier alpha value is -2.24. The van der Waals surface area contributed by atoms with Crippen molar-refractivity contribution in [1.82, 2.24) is 5.32 Å². The number of carbonyl (C=O) groups is 2. The van der Waals surface area contributed by atoms with Gasteiger partial charge in [0.15, 0.2) is 0 Å². The van der Waals surface area contributed by atoms with E-state index in [1.807, 2.05) is 0 Å². The zero-order chi connectivity index (χ0) is 20.2. The number of hydrogen-bond donors (Lipinski definition) is 1. The normalized spacial score (nSPS) is 21.4. The summed E-state index contributed by atoms with van der Waals surface area (Å²) in [6.45, 7) is 0. The van der Waals surface area contributed by atoms with E-state index in [4.69, 9.17) is 0 Å². The van der Waals surface area contributed by atoms with E-state index in [9.17, 15) is 9.59 Å². The molecule has 0 aliphatic carbocycles. The topological polar surface area (TPSA) is 46.2 Å². The second-order valence-electron chi connectivity index (χ2n) is 8.07. The second kappa shape index (κ2) is 7.17. The molecule has 0 spiro atoms. The molecule has 4 bridgehead atoms. The van der Waals surface area contributed by atoms with Gasteiger partial charge < -0.3 is 0 Å². The number of nitrogens with one attached hydrogen (secondary N) is 1. The van der Waals surface area contributed by atoms with Crippen LogP contribution in [0.15, 0.2) is 82.2 Å². The number of imide groups is 1. The fourth-order valence-electron chi connectivity index (χ4n) is 5.42. The van der Waals surface area contributed by atoms with E-state index in [-0.39, 0.29) is 26.0 Å². The van der Waals surface area contributed by atoms with Crippen molar-refractivity contribution < 1.29 is 9.59 Å². The molecule has 2 unspecified atom stereocenters. The molecular weight excluding hydrogens is 493 g/mol. The first-order chi connectivity index (χ1) is 14.7. The summed E-state index contributed by atoms with van der Waals surface area (Å²) in [5.41, 5.74) is 5.22. The van der Waals surface area contributed by atoms with Gasteiger partial charge >= 0.3 is 188 Å². The van der Waals surface area contributed by atoms with Crippen molar-refractivity contribution >= 4 is 53.7 Å². The van der Waals surface area contributed by atoms with E-state index in [2.05, 4.69) is 90.3 Å². The number of benzene rings is 3. The fraction of sp³-hybridized carbons (Fsp3) is 0.120. The van der Waals surface area contributed by atoms with E-state index >= 15 is 0 Å². The van der Waals surface area contributed by atoms with Crippen molar-refractivity contribution in [1.29, 1.82) is 0 Å². The Morgan fingerprint density at radius 2 is 1.50 bits per heavy atom. The van der Waals surface area contributed by atoms with Gasteiger partial charge in [-0.25, -0.2) is 0 Å². The molecule has 0 saturated carbocycles. The van der Waals surface area contributed by atoms with E-state index in [0.717, 1.165) is 0 Å². The second-order valence-corrected chi connectivity index (χ2v) is 17.6. The maximum atomic E-state index is 12.6. The summed E-state index contributed by atoms with van der Waals surface area (Å²) in [6, 6.07) is 27.9. The maximum absolute atomic E-state index is 12.6. The standard InChI is InChI=1S/C25H18NO2S.In/c27-24-23(29-25(28)26-24)17-21-14-8-7-9-18(21)15-16-22(19-10-3-1-4-11-19)20-12-5-2-6-13-20;/h1-8,10-15,17,22-23H,(H,26,27,28);. The number of thioether (sulfide) groups is 1. The molecule has 3 aliphatic rings. The Labute approximate surface area is 187 Å². The first-order valence-electron chi connectivity index (χ1n) is 10.2. The first kappa shape index (κ1) is 18.5. The Morgan fingerprint density at radius 1 is 0.833 bits per heavy atom. The molecule has 0 radical (unpaired) electrons. The molecular formula is C25H18InNO2S. The van der Waals surface area contributed by atoms with Gasteiger partial charge in [-0.05, 0) is 0 Å². The Kier molecular flexibility index (Phi) is 4.43. The van der Waals surface area contributed by atoms with E-state index in [0.29, 0.717) is 0 Å². The van der Waals surface area contributed by atoms with Crippen LogP contribution in [0, 0.1) is 0 Å². The minimum atomic E-state index is -2.62. The third kappa shape index (κ3) is 2.75. The number of carbonyl (C=O) groups excluding carboxylic acids is 2. The molecule has 1 fully saturated rings. The molecule has 1 N–H and O–H groups in total. The summed E-state index contributed by atoms with van der Waals surface area (Å²) in [7, 11) is 0. The third-order valence-corrected chi connectivity index (χ3v) is 19.4. The number of allylic oxidation sites excluding steroid dienone is 1. The van der Waals surface area contributed by atoms with Crippen molar-refractivity contribution in [3.05, 3.63) is 104 Å². The molecule has 1 saturated heterocycles. The minimum absolute atomic E-state index is 0.109. The Balaban J connectivity index is 1.50. The van der Waals surface area contributed by atoms with Crippen LogP contribution >= 0.6 is 11.8 Å². The molecule has 3 nitrogen and oxygen atoms in total. The molecule has 3 aliphatic heterocycles. The molecule has 2 atom stereocenters. The molecule has 3 aromatic carbocycles. The van der Waals surface area contributed by atoms with Gasteiger partial charge in [0.25, 0.3) is 0 Å². The summed E-state index contributed by atoms with van der Waals surface area (Å²) >= 11 is -1.42. The van der Waals surface area contributed by atoms with Crippen molar-refractivity contribution in [2.24, 2.45) is 0 Å². The molecule has 3 aromatic rings. The SMILES string of the molecule is O=C1NC(=O)C([CH]2c3ccc[c]4c3C=[C](C(c3ccccc3)c3ccccc3)[In]42)S1. The third-order valence-electron chi connectivity index (χ3n) is 6.54. The quantitative estimate of drug-likeness (QED) is 0.573. The molecule has 5 heteroatoms. The number of amides is 2. The van der Waals surface area contributed by atoms with Crippen molar-refractivity contribution in [3.63, 3.8) is 0 Å². The van der Waals surface area contributed by atoms with Crippen molar-refractivity contribution in [2.75, 3.05) is 0 Å². The van der Waals surface area contributed by atoms with E-state index in [1.165, 1.54) is 40.7 Å². The molecule has 2 amide bonds. The van der Waals surface area contributed by atoms with E-state index < -0.39 is 21.4 Å². The summed E-state index contributed by atoms with van der Waals surface area (Å²) in [5, 5.41) is 2.04. The fourth-order valence-corrected chi connectivity index (χ4v) is 20.4. The molecule has 6 rings (SSSR count). The van der Waals surface area contributed by atoms with Crippen LogP contribution in [0.25, 0.3) is 6.08 Å². The Bertz CT molecular complexity index is 1170. The van der Waals surface area contributed by atoms with Gasteiger partial charge in [-0.2, -0.15) is 0 Å². The molecule has 3 heterocycles. The average molecular weight is 511 g/mol. The van der Waals surface area contributed by atoms with Crippen LogP contribution in [0.1, 0.15) is 31.8 Å². The number of hydrogen-bond acceptors (Lipinski definition) is 3. The van der Waals surface area contributed by atoms with Crippen LogP contribution in [0.2, 0.25) is 0 Å². The van der Waals surface area contributed by atoms with E-state index in [1.54, 1.807) is 0 Å². The van der Waals surface area contributed by atoms with Gasteiger partial charge in [0.2, 0.25) is 0 Å². The van der Waals surface area contributed by atoms with Crippen molar-refractivity contribution in [3.8, 4) is 0 Å². The van der Waals surface area contributed by atoms with Crippen LogP contribution < -0.4 is 8.64 Å². The van der Waals surface area contributed by atoms with Gasteiger partial charge in [0.05, 0.1) is 0 Å². The van der Waals surface area contributed by atoms with Crippen LogP contribution in [-0.4, -0.2) is 37.8 Å². The zero-order valence-corrected chi connectivity index (χ0v) is 20.2. The van der Waals surface area contributed by atoms with Gasteiger partial charge in [-0.15, -0.1) is 0 Å². The molecule has 30 heavy (non-hydrogen) atoms. The summed E-state index contributed by atoms with van der Waals surface area (Å²) in [6.07, 6.45) is 2.42. The van der Waals surface area contributed by atoms with Crippen LogP contribution in [0.3, 0.4) is 0 Å². The average Bonchev–Trinajstić information content (AvgIpc) is 3.35. The van der Waals surface area contributed by atoms with Gasteiger partial charge in [0, 0.05) is 0 Å². The predicted octanol–water partition coefficient (Wildman–Crippen LogP) is 4.14. The zero-order valence-electron chi connectivity index (χ0n) is 16.1. The van der Waals surface area contributed by atoms with Crippen LogP contribution in [0.5, 0.6) is 0 Å². The summed E-state index contributed by atoms with van der Waals surface area (Å²) < 4.78 is 3.23. The molecule has 144 valence electrons. The summed E-state index contributed by atoms with van der Waals surface area (Å²) in [5.74, 6) is 0.101. The molecule has 0 aromatic heterocycles.